The SMILES string of the molecule is CCNC(=O)CNC(=O)c1ccnc(Cl)c1. The van der Waals surface area contributed by atoms with E-state index >= 15 is 0 Å². The van der Waals surface area contributed by atoms with Crippen molar-refractivity contribution < 1.29 is 9.59 Å². The van der Waals surface area contributed by atoms with Gasteiger partial charge in [-0.25, -0.2) is 4.98 Å². The minimum atomic E-state index is -0.351. The minimum absolute atomic E-state index is 0.0490. The first-order valence-corrected chi connectivity index (χ1v) is 5.17. The standard InChI is InChI=1S/C10H12ClN3O2/c1-2-12-9(15)6-14-10(16)7-3-4-13-8(11)5-7/h3-5H,2,6H2,1H3,(H,12,15)(H,14,16). The van der Waals surface area contributed by atoms with Gasteiger partial charge in [0, 0.05) is 18.3 Å². The van der Waals surface area contributed by atoms with Crippen LogP contribution in [0.5, 0.6) is 0 Å². The highest BCUT2D eigenvalue weighted by molar-refractivity contribution is 6.29. The molecule has 0 aromatic carbocycles. The van der Waals surface area contributed by atoms with E-state index in [1.54, 1.807) is 0 Å². The fourth-order valence-electron chi connectivity index (χ4n) is 1.07. The van der Waals surface area contributed by atoms with Gasteiger partial charge in [-0.1, -0.05) is 11.6 Å². The molecule has 0 unspecified atom stereocenters. The Bertz CT molecular complexity index is 395. The van der Waals surface area contributed by atoms with Crippen molar-refractivity contribution in [2.75, 3.05) is 13.1 Å². The first kappa shape index (κ1) is 12.4. The number of rotatable bonds is 4. The van der Waals surface area contributed by atoms with Crippen LogP contribution in [0.25, 0.3) is 0 Å². The van der Waals surface area contributed by atoms with Gasteiger partial charge in [0.25, 0.3) is 5.91 Å². The average molecular weight is 242 g/mol. The zero-order valence-corrected chi connectivity index (χ0v) is 9.54. The third-order valence-electron chi connectivity index (χ3n) is 1.77. The van der Waals surface area contributed by atoms with Crippen molar-refractivity contribution in [2.24, 2.45) is 0 Å². The number of carbonyl (C=O) groups is 2. The molecule has 0 atom stereocenters. The lowest BCUT2D eigenvalue weighted by Gasteiger charge is -2.05. The molecule has 0 fully saturated rings. The molecule has 0 aliphatic carbocycles. The number of nitrogens with one attached hydrogen (secondary N) is 2. The Morgan fingerprint density at radius 2 is 2.19 bits per heavy atom. The van der Waals surface area contributed by atoms with E-state index < -0.39 is 0 Å². The van der Waals surface area contributed by atoms with Gasteiger partial charge >= 0.3 is 0 Å². The van der Waals surface area contributed by atoms with Gasteiger partial charge in [0.05, 0.1) is 6.54 Å². The molecule has 1 aromatic heterocycles. The zero-order valence-electron chi connectivity index (χ0n) is 8.79. The van der Waals surface area contributed by atoms with E-state index in [9.17, 15) is 9.59 Å². The molecule has 0 spiro atoms. The van der Waals surface area contributed by atoms with Gasteiger partial charge in [-0.3, -0.25) is 9.59 Å². The predicted octanol–water partition coefficient (Wildman–Crippen LogP) is 0.601. The summed E-state index contributed by atoms with van der Waals surface area (Å²) in [6.07, 6.45) is 1.43. The number of aromatic nitrogens is 1. The molecule has 0 radical (unpaired) electrons. The Hall–Kier alpha value is -1.62. The second-order valence-electron chi connectivity index (χ2n) is 3.00. The summed E-state index contributed by atoms with van der Waals surface area (Å²) in [5.41, 5.74) is 0.379. The van der Waals surface area contributed by atoms with Crippen LogP contribution in [0.4, 0.5) is 0 Å². The van der Waals surface area contributed by atoms with Crippen LogP contribution in [-0.4, -0.2) is 29.9 Å². The van der Waals surface area contributed by atoms with Gasteiger partial charge in [-0.15, -0.1) is 0 Å². The maximum absolute atomic E-state index is 11.5. The van der Waals surface area contributed by atoms with Gasteiger partial charge < -0.3 is 10.6 Å². The Kier molecular flexibility index (Phi) is 4.72. The second kappa shape index (κ2) is 6.07. The van der Waals surface area contributed by atoms with E-state index in [0.29, 0.717) is 12.1 Å². The Balaban J connectivity index is 2.50. The highest BCUT2D eigenvalue weighted by atomic mass is 35.5. The van der Waals surface area contributed by atoms with Gasteiger partial charge in [0.2, 0.25) is 5.91 Å². The molecule has 0 aliphatic rings. The molecule has 5 nitrogen and oxygen atoms in total. The summed E-state index contributed by atoms with van der Waals surface area (Å²) < 4.78 is 0. The van der Waals surface area contributed by atoms with E-state index in [1.165, 1.54) is 18.3 Å². The van der Waals surface area contributed by atoms with Crippen molar-refractivity contribution in [1.82, 2.24) is 15.6 Å². The monoisotopic (exact) mass is 241 g/mol. The fraction of sp³-hybridized carbons (Fsp3) is 0.300. The lowest BCUT2D eigenvalue weighted by molar-refractivity contribution is -0.120. The molecule has 6 heteroatoms. The molecule has 2 N–H and O–H groups in total. The minimum Gasteiger partial charge on any atom is -0.355 e. The lowest BCUT2D eigenvalue weighted by atomic mass is 10.2. The van der Waals surface area contributed by atoms with Crippen molar-refractivity contribution in [3.63, 3.8) is 0 Å². The number of halogens is 1. The summed E-state index contributed by atoms with van der Waals surface area (Å²) in [7, 11) is 0. The van der Waals surface area contributed by atoms with Gasteiger partial charge in [-0.05, 0) is 19.1 Å². The first-order chi connectivity index (χ1) is 7.63. The molecule has 1 rings (SSSR count). The third-order valence-corrected chi connectivity index (χ3v) is 1.98. The number of pyridine rings is 1. The molecule has 1 heterocycles. The summed E-state index contributed by atoms with van der Waals surface area (Å²) in [4.78, 5) is 26.4. The Morgan fingerprint density at radius 1 is 1.44 bits per heavy atom. The molecular formula is C10H12ClN3O2. The molecule has 86 valence electrons. The van der Waals surface area contributed by atoms with Crippen LogP contribution in [-0.2, 0) is 4.79 Å². The maximum atomic E-state index is 11.5. The maximum Gasteiger partial charge on any atom is 0.251 e. The Labute approximate surface area is 98.2 Å². The lowest BCUT2D eigenvalue weighted by Crippen LogP contribution is -2.36. The fourth-order valence-corrected chi connectivity index (χ4v) is 1.24. The topological polar surface area (TPSA) is 71.1 Å². The molecule has 1 aromatic rings. The van der Waals surface area contributed by atoms with E-state index in [2.05, 4.69) is 15.6 Å². The molecule has 0 bridgehead atoms. The molecule has 2 amide bonds. The van der Waals surface area contributed by atoms with Crippen LogP contribution in [0, 0.1) is 0 Å². The first-order valence-electron chi connectivity index (χ1n) is 4.80. The largest absolute Gasteiger partial charge is 0.355 e. The highest BCUT2D eigenvalue weighted by Crippen LogP contribution is 2.06. The zero-order chi connectivity index (χ0) is 12.0. The normalized spacial score (nSPS) is 9.62. The van der Waals surface area contributed by atoms with Gasteiger partial charge in [-0.2, -0.15) is 0 Å². The molecular weight excluding hydrogens is 230 g/mol. The molecule has 0 saturated carbocycles. The van der Waals surface area contributed by atoms with Gasteiger partial charge in [0.15, 0.2) is 0 Å². The number of likely N-dealkylation sites (N-methyl/N-ethyl adjacent to an activating group) is 1. The quantitative estimate of drug-likeness (QED) is 0.759. The average Bonchev–Trinajstić information content (AvgIpc) is 2.26. The summed E-state index contributed by atoms with van der Waals surface area (Å²) >= 11 is 5.63. The molecule has 16 heavy (non-hydrogen) atoms. The number of carbonyl (C=O) groups excluding carboxylic acids is 2. The Morgan fingerprint density at radius 3 is 2.81 bits per heavy atom. The summed E-state index contributed by atoms with van der Waals surface area (Å²) in [6, 6.07) is 2.97. The van der Waals surface area contributed by atoms with Crippen molar-refractivity contribution in [1.29, 1.82) is 0 Å². The second-order valence-corrected chi connectivity index (χ2v) is 3.39. The highest BCUT2D eigenvalue weighted by Gasteiger charge is 2.07. The molecule has 0 saturated heterocycles. The van der Waals surface area contributed by atoms with E-state index in [1.807, 2.05) is 6.92 Å². The summed E-state index contributed by atoms with van der Waals surface area (Å²) in [6.45, 7) is 2.30. The van der Waals surface area contributed by atoms with Crippen molar-refractivity contribution in [3.05, 3.63) is 29.0 Å². The van der Waals surface area contributed by atoms with Crippen molar-refractivity contribution >= 4 is 23.4 Å². The number of nitrogens with zero attached hydrogens (tertiary/aromatic N) is 1. The smallest absolute Gasteiger partial charge is 0.251 e. The van der Waals surface area contributed by atoms with E-state index in [-0.39, 0.29) is 23.5 Å². The van der Waals surface area contributed by atoms with Crippen LogP contribution < -0.4 is 10.6 Å². The van der Waals surface area contributed by atoms with Crippen LogP contribution >= 0.6 is 11.6 Å². The summed E-state index contributed by atoms with van der Waals surface area (Å²) in [5, 5.41) is 5.29. The summed E-state index contributed by atoms with van der Waals surface area (Å²) in [5.74, 6) is -0.577. The number of amides is 2. The van der Waals surface area contributed by atoms with Gasteiger partial charge in [0.1, 0.15) is 5.15 Å². The number of hydrogen-bond acceptors (Lipinski definition) is 3. The van der Waals surface area contributed by atoms with E-state index in [4.69, 9.17) is 11.6 Å². The third kappa shape index (κ3) is 3.86. The van der Waals surface area contributed by atoms with Crippen LogP contribution in [0.15, 0.2) is 18.3 Å². The van der Waals surface area contributed by atoms with Crippen LogP contribution in [0.1, 0.15) is 17.3 Å². The van der Waals surface area contributed by atoms with Crippen LogP contribution in [0.2, 0.25) is 5.15 Å². The predicted molar refractivity (Wildman–Crippen MR) is 60.3 cm³/mol. The number of hydrogen-bond donors (Lipinski definition) is 2. The molecule has 0 aliphatic heterocycles. The van der Waals surface area contributed by atoms with Crippen molar-refractivity contribution in [3.8, 4) is 0 Å². The van der Waals surface area contributed by atoms with E-state index in [0.717, 1.165) is 0 Å². The van der Waals surface area contributed by atoms with Crippen LogP contribution in [0.3, 0.4) is 0 Å². The van der Waals surface area contributed by atoms with Crippen molar-refractivity contribution in [2.45, 2.75) is 6.92 Å².